The third kappa shape index (κ3) is 4.35. The van der Waals surface area contributed by atoms with Crippen LogP contribution in [0.5, 0.6) is 5.75 Å². The van der Waals surface area contributed by atoms with Gasteiger partial charge in [0.2, 0.25) is 10.0 Å². The molecule has 2 N–H and O–H groups in total. The molecule has 24 heavy (non-hydrogen) atoms. The first-order valence-electron chi connectivity index (χ1n) is 7.69. The Bertz CT molecular complexity index is 802. The quantitative estimate of drug-likeness (QED) is 0.871. The smallest absolute Gasteiger partial charge is 0.238 e. The Kier molecular flexibility index (Phi) is 5.64. The standard InChI is InChI=1S/C18H24N2O3S/c1-13-5-6-15(11-18(13)23-4)12-20(3)14(2)16-7-9-17(10-8-16)24(19,21)22/h5-11,14H,12H2,1-4H3,(H2,19,21,22)/t14-/m1/s1. The molecule has 130 valence electrons. The van der Waals surface area contributed by atoms with Gasteiger partial charge in [-0.25, -0.2) is 13.6 Å². The highest BCUT2D eigenvalue weighted by Crippen LogP contribution is 2.24. The minimum Gasteiger partial charge on any atom is -0.496 e. The molecule has 0 spiro atoms. The number of methoxy groups -OCH3 is 1. The second-order valence-electron chi connectivity index (χ2n) is 6.01. The Balaban J connectivity index is 2.13. The third-order valence-corrected chi connectivity index (χ3v) is 5.19. The molecule has 2 aromatic rings. The first kappa shape index (κ1) is 18.4. The molecule has 0 aliphatic carbocycles. The minimum absolute atomic E-state index is 0.129. The zero-order valence-electron chi connectivity index (χ0n) is 14.5. The summed E-state index contributed by atoms with van der Waals surface area (Å²) in [7, 11) is 0.0511. The van der Waals surface area contributed by atoms with Gasteiger partial charge in [0.25, 0.3) is 0 Å². The van der Waals surface area contributed by atoms with Crippen molar-refractivity contribution in [2.24, 2.45) is 5.14 Å². The maximum absolute atomic E-state index is 11.3. The molecule has 0 aromatic heterocycles. The van der Waals surface area contributed by atoms with E-state index in [1.165, 1.54) is 0 Å². The minimum atomic E-state index is -3.65. The molecule has 2 aromatic carbocycles. The van der Waals surface area contributed by atoms with E-state index in [0.29, 0.717) is 0 Å². The fourth-order valence-corrected chi connectivity index (χ4v) is 3.09. The lowest BCUT2D eigenvalue weighted by molar-refractivity contribution is 0.252. The van der Waals surface area contributed by atoms with E-state index in [0.717, 1.165) is 29.0 Å². The average molecular weight is 348 g/mol. The van der Waals surface area contributed by atoms with E-state index in [1.807, 2.05) is 26.1 Å². The van der Waals surface area contributed by atoms with Gasteiger partial charge in [-0.1, -0.05) is 24.3 Å². The third-order valence-electron chi connectivity index (χ3n) is 4.26. The van der Waals surface area contributed by atoms with Gasteiger partial charge in [0.1, 0.15) is 5.75 Å². The van der Waals surface area contributed by atoms with Gasteiger partial charge in [-0.2, -0.15) is 0 Å². The molecule has 5 nitrogen and oxygen atoms in total. The Morgan fingerprint density at radius 1 is 1.17 bits per heavy atom. The highest BCUT2D eigenvalue weighted by atomic mass is 32.2. The number of hydrogen-bond acceptors (Lipinski definition) is 4. The van der Waals surface area contributed by atoms with Gasteiger partial charge in [0.05, 0.1) is 12.0 Å². The molecule has 1 atom stereocenters. The highest BCUT2D eigenvalue weighted by Gasteiger charge is 2.14. The summed E-state index contributed by atoms with van der Waals surface area (Å²) >= 11 is 0. The number of aryl methyl sites for hydroxylation is 1. The van der Waals surface area contributed by atoms with Crippen molar-refractivity contribution in [2.75, 3.05) is 14.2 Å². The fourth-order valence-electron chi connectivity index (χ4n) is 2.58. The van der Waals surface area contributed by atoms with Crippen molar-refractivity contribution in [3.8, 4) is 5.75 Å². The summed E-state index contributed by atoms with van der Waals surface area (Å²) in [5, 5.41) is 5.13. The van der Waals surface area contributed by atoms with Crippen molar-refractivity contribution >= 4 is 10.0 Å². The molecule has 0 saturated carbocycles. The summed E-state index contributed by atoms with van der Waals surface area (Å²) < 4.78 is 28.0. The predicted octanol–water partition coefficient (Wildman–Crippen LogP) is 2.84. The molecule has 0 heterocycles. The van der Waals surface area contributed by atoms with Gasteiger partial charge in [-0.3, -0.25) is 4.90 Å². The van der Waals surface area contributed by atoms with Gasteiger partial charge in [-0.15, -0.1) is 0 Å². The summed E-state index contributed by atoms with van der Waals surface area (Å²) in [5.74, 6) is 0.881. The molecular weight excluding hydrogens is 324 g/mol. The van der Waals surface area contributed by atoms with Crippen LogP contribution >= 0.6 is 0 Å². The van der Waals surface area contributed by atoms with E-state index >= 15 is 0 Å². The van der Waals surface area contributed by atoms with Crippen molar-refractivity contribution in [3.63, 3.8) is 0 Å². The Hall–Kier alpha value is -1.89. The van der Waals surface area contributed by atoms with Gasteiger partial charge in [0, 0.05) is 12.6 Å². The molecule has 6 heteroatoms. The lowest BCUT2D eigenvalue weighted by atomic mass is 10.1. The highest BCUT2D eigenvalue weighted by molar-refractivity contribution is 7.89. The molecule has 0 aliphatic rings. The predicted molar refractivity (Wildman–Crippen MR) is 95.4 cm³/mol. The summed E-state index contributed by atoms with van der Waals surface area (Å²) in [6.07, 6.45) is 0. The largest absolute Gasteiger partial charge is 0.496 e. The van der Waals surface area contributed by atoms with E-state index in [1.54, 1.807) is 31.4 Å². The van der Waals surface area contributed by atoms with Crippen LogP contribution in [0.15, 0.2) is 47.4 Å². The van der Waals surface area contributed by atoms with Gasteiger partial charge in [0.15, 0.2) is 0 Å². The topological polar surface area (TPSA) is 72.6 Å². The van der Waals surface area contributed by atoms with Crippen LogP contribution in [-0.2, 0) is 16.6 Å². The zero-order valence-corrected chi connectivity index (χ0v) is 15.3. The van der Waals surface area contributed by atoms with Crippen LogP contribution in [0, 0.1) is 6.92 Å². The molecule has 0 aliphatic heterocycles. The summed E-state index contributed by atoms with van der Waals surface area (Å²) in [6.45, 7) is 4.86. The van der Waals surface area contributed by atoms with Crippen LogP contribution in [-0.4, -0.2) is 27.5 Å². The van der Waals surface area contributed by atoms with E-state index in [4.69, 9.17) is 9.88 Å². The SMILES string of the molecule is COc1cc(CN(C)[C@H](C)c2ccc(S(N)(=O)=O)cc2)ccc1C. The van der Waals surface area contributed by atoms with Gasteiger partial charge < -0.3 is 4.74 Å². The van der Waals surface area contributed by atoms with Crippen LogP contribution in [0.2, 0.25) is 0 Å². The summed E-state index contributed by atoms with van der Waals surface area (Å²) in [5.41, 5.74) is 3.30. The number of ether oxygens (including phenoxy) is 1. The molecule has 0 amide bonds. The molecule has 0 fully saturated rings. The lowest BCUT2D eigenvalue weighted by Crippen LogP contribution is -2.22. The number of primary sulfonamides is 1. The van der Waals surface area contributed by atoms with Crippen LogP contribution < -0.4 is 9.88 Å². The number of nitrogens with two attached hydrogens (primary N) is 1. The van der Waals surface area contributed by atoms with Gasteiger partial charge in [-0.05, 0) is 55.8 Å². The Morgan fingerprint density at radius 3 is 2.33 bits per heavy atom. The molecule has 0 bridgehead atoms. The average Bonchev–Trinajstić information content (AvgIpc) is 2.55. The number of nitrogens with zero attached hydrogens (tertiary/aromatic N) is 1. The van der Waals surface area contributed by atoms with Crippen LogP contribution in [0.1, 0.15) is 29.7 Å². The molecular formula is C18H24N2O3S. The monoisotopic (exact) mass is 348 g/mol. The van der Waals surface area contributed by atoms with E-state index < -0.39 is 10.0 Å². The summed E-state index contributed by atoms with van der Waals surface area (Å²) in [4.78, 5) is 2.32. The first-order chi connectivity index (χ1) is 11.2. The van der Waals surface area contributed by atoms with E-state index in [-0.39, 0.29) is 10.9 Å². The number of rotatable bonds is 6. The zero-order chi connectivity index (χ0) is 17.9. The molecule has 0 saturated heterocycles. The van der Waals surface area contributed by atoms with E-state index in [2.05, 4.69) is 17.9 Å². The van der Waals surface area contributed by atoms with Crippen molar-refractivity contribution in [2.45, 2.75) is 31.3 Å². The fraction of sp³-hybridized carbons (Fsp3) is 0.333. The molecule has 2 rings (SSSR count). The number of sulfonamides is 1. The normalized spacial score (nSPS) is 13.1. The van der Waals surface area contributed by atoms with Crippen molar-refractivity contribution in [1.82, 2.24) is 4.90 Å². The van der Waals surface area contributed by atoms with Crippen molar-refractivity contribution in [3.05, 3.63) is 59.2 Å². The van der Waals surface area contributed by atoms with E-state index in [9.17, 15) is 8.42 Å². The number of hydrogen-bond donors (Lipinski definition) is 1. The number of benzene rings is 2. The second-order valence-corrected chi connectivity index (χ2v) is 7.57. The van der Waals surface area contributed by atoms with Crippen LogP contribution in [0.4, 0.5) is 0 Å². The Morgan fingerprint density at radius 2 is 1.79 bits per heavy atom. The Labute approximate surface area is 144 Å². The van der Waals surface area contributed by atoms with Crippen LogP contribution in [0.25, 0.3) is 0 Å². The molecule has 0 unspecified atom stereocenters. The maximum Gasteiger partial charge on any atom is 0.238 e. The van der Waals surface area contributed by atoms with Gasteiger partial charge >= 0.3 is 0 Å². The second kappa shape index (κ2) is 7.34. The lowest BCUT2D eigenvalue weighted by Gasteiger charge is -2.25. The molecule has 0 radical (unpaired) electrons. The van der Waals surface area contributed by atoms with Crippen molar-refractivity contribution < 1.29 is 13.2 Å². The summed E-state index contributed by atoms with van der Waals surface area (Å²) in [6, 6.07) is 13.0. The van der Waals surface area contributed by atoms with Crippen LogP contribution in [0.3, 0.4) is 0 Å². The first-order valence-corrected chi connectivity index (χ1v) is 9.23. The van der Waals surface area contributed by atoms with Crippen molar-refractivity contribution in [1.29, 1.82) is 0 Å². The maximum atomic E-state index is 11.3.